The van der Waals surface area contributed by atoms with E-state index in [0.717, 1.165) is 51.4 Å². The summed E-state index contributed by atoms with van der Waals surface area (Å²) in [4.78, 5) is 21.1. The topological polar surface area (TPSA) is 48.5 Å². The molecule has 2 rings (SSSR count). The summed E-state index contributed by atoms with van der Waals surface area (Å²) in [7, 11) is 0. The summed E-state index contributed by atoms with van der Waals surface area (Å²) in [6.45, 7) is 9.85. The Morgan fingerprint density at radius 1 is 1.23 bits per heavy atom. The van der Waals surface area contributed by atoms with E-state index in [-0.39, 0.29) is 5.91 Å². The molecule has 22 heavy (non-hydrogen) atoms. The Hall–Kier alpha value is -1.62. The van der Waals surface area contributed by atoms with Crippen LogP contribution >= 0.6 is 0 Å². The van der Waals surface area contributed by atoms with Gasteiger partial charge in [0.05, 0.1) is 0 Å². The zero-order chi connectivity index (χ0) is 15.8. The van der Waals surface area contributed by atoms with Gasteiger partial charge in [-0.15, -0.1) is 0 Å². The predicted molar refractivity (Wildman–Crippen MR) is 90.3 cm³/mol. The molecule has 0 spiro atoms. The molecule has 0 aromatic carbocycles. The smallest absolute Gasteiger partial charge is 0.272 e. The molecule has 1 amide bonds. The van der Waals surface area contributed by atoms with Gasteiger partial charge >= 0.3 is 0 Å². The Labute approximate surface area is 133 Å². The fraction of sp³-hybridized carbons (Fsp3) is 0.647. The number of nitrogens with zero attached hydrogens (tertiary/aromatic N) is 3. The maximum atomic E-state index is 12.5. The van der Waals surface area contributed by atoms with Gasteiger partial charge in [0.15, 0.2) is 0 Å². The number of aromatic nitrogens is 1. The van der Waals surface area contributed by atoms with Gasteiger partial charge in [-0.2, -0.15) is 0 Å². The van der Waals surface area contributed by atoms with E-state index >= 15 is 0 Å². The number of pyridine rings is 1. The van der Waals surface area contributed by atoms with Crippen LogP contribution in [0.15, 0.2) is 18.3 Å². The first-order chi connectivity index (χ1) is 10.7. The van der Waals surface area contributed by atoms with Crippen molar-refractivity contribution in [3.8, 4) is 0 Å². The van der Waals surface area contributed by atoms with Gasteiger partial charge in [-0.25, -0.2) is 0 Å². The Bertz CT molecular complexity index is 469. The lowest BCUT2D eigenvalue weighted by Crippen LogP contribution is -2.48. The molecule has 5 nitrogen and oxygen atoms in total. The third kappa shape index (κ3) is 4.70. The van der Waals surface area contributed by atoms with Crippen LogP contribution in [0.1, 0.15) is 43.6 Å². The first-order valence-corrected chi connectivity index (χ1v) is 8.46. The number of carbonyl (C=O) groups is 1. The molecular weight excluding hydrogens is 276 g/mol. The van der Waals surface area contributed by atoms with E-state index in [4.69, 9.17) is 0 Å². The second-order valence-corrected chi connectivity index (χ2v) is 5.79. The van der Waals surface area contributed by atoms with E-state index in [0.29, 0.717) is 5.69 Å². The lowest BCUT2D eigenvalue weighted by molar-refractivity contribution is 0.0637. The molecule has 1 aliphatic heterocycles. The van der Waals surface area contributed by atoms with Crippen molar-refractivity contribution in [2.24, 2.45) is 0 Å². The van der Waals surface area contributed by atoms with Gasteiger partial charge in [-0.3, -0.25) is 9.78 Å². The zero-order valence-electron chi connectivity index (χ0n) is 13.8. The van der Waals surface area contributed by atoms with Crippen LogP contribution in [0.3, 0.4) is 0 Å². The van der Waals surface area contributed by atoms with Crippen molar-refractivity contribution in [2.45, 2.75) is 33.1 Å². The van der Waals surface area contributed by atoms with Crippen molar-refractivity contribution in [1.29, 1.82) is 0 Å². The maximum Gasteiger partial charge on any atom is 0.272 e. The van der Waals surface area contributed by atoms with Crippen LogP contribution in [-0.2, 0) is 0 Å². The number of anilines is 1. The van der Waals surface area contributed by atoms with Crippen LogP contribution in [0, 0.1) is 0 Å². The number of hydrogen-bond acceptors (Lipinski definition) is 4. The first-order valence-electron chi connectivity index (χ1n) is 8.46. The number of piperazine rings is 1. The summed E-state index contributed by atoms with van der Waals surface area (Å²) in [5.41, 5.74) is 1.53. The minimum absolute atomic E-state index is 0.0490. The van der Waals surface area contributed by atoms with Crippen molar-refractivity contribution in [3.05, 3.63) is 24.0 Å². The van der Waals surface area contributed by atoms with E-state index in [2.05, 4.69) is 29.0 Å². The number of unbranched alkanes of at least 4 members (excludes halogenated alkanes) is 2. The standard InChI is InChI=1S/C17H28N4O/c1-3-5-6-8-18-15-7-9-19-16(14-15)17(22)21-12-10-20(4-2)11-13-21/h7,9,14H,3-6,8,10-13H2,1-2H3,(H,18,19). The van der Waals surface area contributed by atoms with Crippen molar-refractivity contribution in [2.75, 3.05) is 44.6 Å². The molecule has 1 aliphatic rings. The first kappa shape index (κ1) is 16.7. The van der Waals surface area contributed by atoms with Crippen LogP contribution in [0.5, 0.6) is 0 Å². The Kier molecular flexibility index (Phi) is 6.65. The van der Waals surface area contributed by atoms with Gasteiger partial charge in [0, 0.05) is 44.6 Å². The third-order valence-corrected chi connectivity index (χ3v) is 4.20. The Morgan fingerprint density at radius 3 is 2.68 bits per heavy atom. The lowest BCUT2D eigenvalue weighted by Gasteiger charge is -2.33. The lowest BCUT2D eigenvalue weighted by atomic mass is 10.2. The third-order valence-electron chi connectivity index (χ3n) is 4.20. The molecule has 2 heterocycles. The molecular formula is C17H28N4O. The number of carbonyl (C=O) groups excluding carboxylic acids is 1. The normalized spacial score (nSPS) is 15.8. The van der Waals surface area contributed by atoms with Gasteiger partial charge in [0.2, 0.25) is 0 Å². The number of nitrogens with one attached hydrogen (secondary N) is 1. The molecule has 0 radical (unpaired) electrons. The number of hydrogen-bond donors (Lipinski definition) is 1. The van der Waals surface area contributed by atoms with Crippen molar-refractivity contribution < 1.29 is 4.79 Å². The summed E-state index contributed by atoms with van der Waals surface area (Å²) < 4.78 is 0. The molecule has 122 valence electrons. The highest BCUT2D eigenvalue weighted by Crippen LogP contribution is 2.12. The van der Waals surface area contributed by atoms with Crippen LogP contribution in [-0.4, -0.2) is 60.0 Å². The molecule has 1 aromatic heterocycles. The molecule has 0 atom stereocenters. The predicted octanol–water partition coefficient (Wildman–Crippen LogP) is 2.46. The second kappa shape index (κ2) is 8.73. The maximum absolute atomic E-state index is 12.5. The SMILES string of the molecule is CCCCCNc1ccnc(C(=O)N2CCN(CC)CC2)c1. The van der Waals surface area contributed by atoms with E-state index in [9.17, 15) is 4.79 Å². The molecule has 0 aliphatic carbocycles. The average Bonchev–Trinajstić information content (AvgIpc) is 2.58. The van der Waals surface area contributed by atoms with E-state index in [1.807, 2.05) is 17.0 Å². The highest BCUT2D eigenvalue weighted by molar-refractivity contribution is 5.93. The molecule has 5 heteroatoms. The van der Waals surface area contributed by atoms with Crippen molar-refractivity contribution >= 4 is 11.6 Å². The highest BCUT2D eigenvalue weighted by Gasteiger charge is 2.22. The van der Waals surface area contributed by atoms with Crippen LogP contribution in [0.2, 0.25) is 0 Å². The van der Waals surface area contributed by atoms with E-state index in [1.54, 1.807) is 6.20 Å². The highest BCUT2D eigenvalue weighted by atomic mass is 16.2. The van der Waals surface area contributed by atoms with Gasteiger partial charge in [0.1, 0.15) is 5.69 Å². The Balaban J connectivity index is 1.90. The average molecular weight is 304 g/mol. The van der Waals surface area contributed by atoms with E-state index < -0.39 is 0 Å². The quantitative estimate of drug-likeness (QED) is 0.786. The van der Waals surface area contributed by atoms with Crippen molar-refractivity contribution in [3.63, 3.8) is 0 Å². The summed E-state index contributed by atoms with van der Waals surface area (Å²) >= 11 is 0. The molecule has 1 saturated heterocycles. The summed E-state index contributed by atoms with van der Waals surface area (Å²) in [6, 6.07) is 3.80. The second-order valence-electron chi connectivity index (χ2n) is 5.79. The molecule has 0 unspecified atom stereocenters. The van der Waals surface area contributed by atoms with Crippen molar-refractivity contribution in [1.82, 2.24) is 14.8 Å². The monoisotopic (exact) mass is 304 g/mol. The molecule has 1 N–H and O–H groups in total. The number of amides is 1. The molecule has 1 fully saturated rings. The number of rotatable bonds is 7. The molecule has 1 aromatic rings. The molecule has 0 bridgehead atoms. The fourth-order valence-corrected chi connectivity index (χ4v) is 2.69. The summed E-state index contributed by atoms with van der Waals surface area (Å²) in [6.07, 6.45) is 5.32. The summed E-state index contributed by atoms with van der Waals surface area (Å²) in [5.74, 6) is 0.0490. The van der Waals surface area contributed by atoms with E-state index in [1.165, 1.54) is 12.8 Å². The largest absolute Gasteiger partial charge is 0.385 e. The minimum atomic E-state index is 0.0490. The van der Waals surface area contributed by atoms with Gasteiger partial charge in [-0.05, 0) is 25.1 Å². The zero-order valence-corrected chi connectivity index (χ0v) is 13.8. The molecule has 0 saturated carbocycles. The number of likely N-dealkylation sites (N-methyl/N-ethyl adjacent to an activating group) is 1. The van der Waals surface area contributed by atoms with Crippen LogP contribution < -0.4 is 5.32 Å². The summed E-state index contributed by atoms with van der Waals surface area (Å²) in [5, 5.41) is 3.37. The van der Waals surface area contributed by atoms with Gasteiger partial charge in [-0.1, -0.05) is 26.7 Å². The van der Waals surface area contributed by atoms with Crippen LogP contribution in [0.25, 0.3) is 0 Å². The fourth-order valence-electron chi connectivity index (χ4n) is 2.69. The Morgan fingerprint density at radius 2 is 2.00 bits per heavy atom. The van der Waals surface area contributed by atoms with Gasteiger partial charge in [0.25, 0.3) is 5.91 Å². The van der Waals surface area contributed by atoms with Crippen LogP contribution in [0.4, 0.5) is 5.69 Å². The van der Waals surface area contributed by atoms with Gasteiger partial charge < -0.3 is 15.1 Å². The minimum Gasteiger partial charge on any atom is -0.385 e.